The minimum atomic E-state index is -3.19. The Bertz CT molecular complexity index is 677. The highest BCUT2D eigenvalue weighted by Crippen LogP contribution is 2.20. The Hall–Kier alpha value is -1.70. The average Bonchev–Trinajstić information content (AvgIpc) is 2.92. The van der Waals surface area contributed by atoms with E-state index < -0.39 is 9.84 Å². The molecule has 0 spiro atoms. The Morgan fingerprint density at radius 1 is 1.29 bits per heavy atom. The van der Waals surface area contributed by atoms with Crippen LogP contribution in [-0.2, 0) is 21.1 Å². The van der Waals surface area contributed by atoms with Gasteiger partial charge in [-0.25, -0.2) is 13.4 Å². The van der Waals surface area contributed by atoms with E-state index in [4.69, 9.17) is 9.15 Å². The molecule has 1 aromatic heterocycles. The highest BCUT2D eigenvalue weighted by atomic mass is 32.2. The second-order valence-corrected chi connectivity index (χ2v) is 6.63. The molecule has 0 aliphatic rings. The van der Waals surface area contributed by atoms with Gasteiger partial charge in [0, 0.05) is 32.0 Å². The smallest absolute Gasteiger partial charge is 0.226 e. The summed E-state index contributed by atoms with van der Waals surface area (Å²) in [5.41, 5.74) is 1.53. The van der Waals surface area contributed by atoms with Gasteiger partial charge >= 0.3 is 0 Å². The van der Waals surface area contributed by atoms with Crippen molar-refractivity contribution >= 4 is 9.84 Å². The number of nitrogens with one attached hydrogen (secondary N) is 1. The van der Waals surface area contributed by atoms with Crippen LogP contribution in [0.4, 0.5) is 0 Å². The first-order valence-corrected chi connectivity index (χ1v) is 8.34. The van der Waals surface area contributed by atoms with Crippen LogP contribution in [-0.4, -0.2) is 39.9 Å². The molecule has 0 aliphatic heterocycles. The molecular formula is C14H18N2O4S. The number of oxazole rings is 1. The van der Waals surface area contributed by atoms with Crippen molar-refractivity contribution in [2.24, 2.45) is 0 Å². The van der Waals surface area contributed by atoms with E-state index in [0.717, 1.165) is 17.8 Å². The Morgan fingerprint density at radius 2 is 2.00 bits per heavy atom. The lowest BCUT2D eigenvalue weighted by molar-refractivity contribution is 0.199. The van der Waals surface area contributed by atoms with Gasteiger partial charge in [-0.2, -0.15) is 0 Å². The lowest BCUT2D eigenvalue weighted by atomic mass is 10.2. The Balaban J connectivity index is 2.04. The van der Waals surface area contributed by atoms with Crippen molar-refractivity contribution in [3.8, 4) is 11.5 Å². The maximum absolute atomic E-state index is 11.4. The van der Waals surface area contributed by atoms with Crippen molar-refractivity contribution in [2.75, 3.05) is 26.5 Å². The van der Waals surface area contributed by atoms with E-state index in [1.54, 1.807) is 37.6 Å². The first-order valence-electron chi connectivity index (χ1n) is 6.45. The molecule has 0 unspecified atom stereocenters. The van der Waals surface area contributed by atoms with Crippen LogP contribution in [0.3, 0.4) is 0 Å². The highest BCUT2D eigenvalue weighted by Gasteiger charge is 2.10. The quantitative estimate of drug-likeness (QED) is 0.780. The molecule has 0 amide bonds. The fourth-order valence-corrected chi connectivity index (χ4v) is 2.39. The average molecular weight is 310 g/mol. The van der Waals surface area contributed by atoms with Crippen molar-refractivity contribution in [3.05, 3.63) is 36.2 Å². The molecule has 0 saturated heterocycles. The number of ether oxygens (including phenoxy) is 1. The first-order chi connectivity index (χ1) is 10.0. The highest BCUT2D eigenvalue weighted by molar-refractivity contribution is 7.90. The number of methoxy groups -OCH3 is 1. The maximum atomic E-state index is 11.4. The molecule has 1 N–H and O–H groups in total. The predicted octanol–water partition coefficient (Wildman–Crippen LogP) is 1.48. The van der Waals surface area contributed by atoms with Gasteiger partial charge in [0.25, 0.3) is 0 Å². The lowest BCUT2D eigenvalue weighted by Crippen LogP contribution is -2.18. The molecule has 0 bridgehead atoms. The van der Waals surface area contributed by atoms with Gasteiger partial charge in [-0.3, -0.25) is 0 Å². The number of rotatable bonds is 7. The molecule has 7 heteroatoms. The van der Waals surface area contributed by atoms with Crippen molar-refractivity contribution in [2.45, 2.75) is 11.4 Å². The third-order valence-electron chi connectivity index (χ3n) is 2.87. The summed E-state index contributed by atoms with van der Waals surface area (Å²) in [5, 5.41) is 3.17. The number of benzene rings is 1. The summed E-state index contributed by atoms with van der Waals surface area (Å²) < 4.78 is 33.1. The SMILES string of the molecule is COCCNCc1coc(-c2ccc(S(C)(=O)=O)cc2)n1. The monoisotopic (exact) mass is 310 g/mol. The third-order valence-corrected chi connectivity index (χ3v) is 4.00. The van der Waals surface area contributed by atoms with Crippen molar-refractivity contribution in [1.29, 1.82) is 0 Å². The van der Waals surface area contributed by atoms with Gasteiger partial charge in [-0.05, 0) is 24.3 Å². The molecule has 0 fully saturated rings. The molecule has 0 atom stereocenters. The summed E-state index contributed by atoms with van der Waals surface area (Å²) in [4.78, 5) is 4.63. The third kappa shape index (κ3) is 4.38. The number of nitrogens with zero attached hydrogens (tertiary/aromatic N) is 1. The first kappa shape index (κ1) is 15.7. The van der Waals surface area contributed by atoms with Crippen molar-refractivity contribution < 1.29 is 17.6 Å². The van der Waals surface area contributed by atoms with Crippen molar-refractivity contribution in [1.82, 2.24) is 10.3 Å². The predicted molar refractivity (Wildman–Crippen MR) is 78.6 cm³/mol. The number of aromatic nitrogens is 1. The Morgan fingerprint density at radius 3 is 2.62 bits per heavy atom. The van der Waals surface area contributed by atoms with Crippen LogP contribution in [0, 0.1) is 0 Å². The van der Waals surface area contributed by atoms with E-state index in [-0.39, 0.29) is 4.90 Å². The minimum absolute atomic E-state index is 0.277. The molecule has 0 aliphatic carbocycles. The Kier molecular flexibility index (Phi) is 5.11. The minimum Gasteiger partial charge on any atom is -0.444 e. The number of sulfone groups is 1. The summed E-state index contributed by atoms with van der Waals surface area (Å²) in [6.07, 6.45) is 2.76. The lowest BCUT2D eigenvalue weighted by Gasteiger charge is -2.00. The topological polar surface area (TPSA) is 81.4 Å². The summed E-state index contributed by atoms with van der Waals surface area (Å²) in [6, 6.07) is 6.46. The summed E-state index contributed by atoms with van der Waals surface area (Å²) in [7, 11) is -1.54. The second-order valence-electron chi connectivity index (χ2n) is 4.61. The molecule has 2 rings (SSSR count). The Labute approximate surface area is 124 Å². The van der Waals surface area contributed by atoms with Gasteiger partial charge in [0.1, 0.15) is 6.26 Å². The van der Waals surface area contributed by atoms with Gasteiger partial charge in [-0.1, -0.05) is 0 Å². The molecule has 2 aromatic rings. The van der Waals surface area contributed by atoms with Crippen LogP contribution in [0.1, 0.15) is 5.69 Å². The summed E-state index contributed by atoms with van der Waals surface area (Å²) in [6.45, 7) is 1.97. The number of hydrogen-bond donors (Lipinski definition) is 1. The zero-order valence-electron chi connectivity index (χ0n) is 12.0. The molecule has 0 radical (unpaired) electrons. The molecule has 0 saturated carbocycles. The van der Waals surface area contributed by atoms with Crippen LogP contribution in [0.25, 0.3) is 11.5 Å². The van der Waals surface area contributed by atoms with Gasteiger partial charge in [0.2, 0.25) is 5.89 Å². The second kappa shape index (κ2) is 6.84. The zero-order valence-corrected chi connectivity index (χ0v) is 12.8. The maximum Gasteiger partial charge on any atom is 0.226 e. The van der Waals surface area contributed by atoms with Crippen LogP contribution >= 0.6 is 0 Å². The van der Waals surface area contributed by atoms with Crippen LogP contribution < -0.4 is 5.32 Å². The van der Waals surface area contributed by atoms with Crippen LogP contribution in [0.5, 0.6) is 0 Å². The van der Waals surface area contributed by atoms with E-state index in [1.165, 1.54) is 6.26 Å². The van der Waals surface area contributed by atoms with E-state index >= 15 is 0 Å². The van der Waals surface area contributed by atoms with Gasteiger partial charge < -0.3 is 14.5 Å². The molecule has 1 heterocycles. The molecule has 114 valence electrons. The fraction of sp³-hybridized carbons (Fsp3) is 0.357. The summed E-state index contributed by atoms with van der Waals surface area (Å²) >= 11 is 0. The number of hydrogen-bond acceptors (Lipinski definition) is 6. The van der Waals surface area contributed by atoms with Gasteiger partial charge in [0.15, 0.2) is 9.84 Å². The van der Waals surface area contributed by atoms with Crippen LogP contribution in [0.15, 0.2) is 39.8 Å². The summed E-state index contributed by atoms with van der Waals surface area (Å²) in [5.74, 6) is 0.471. The zero-order chi connectivity index (χ0) is 15.3. The standard InChI is InChI=1S/C14H18N2O4S/c1-19-8-7-15-9-12-10-20-14(16-12)11-3-5-13(6-4-11)21(2,17)18/h3-6,10,15H,7-9H2,1-2H3. The fourth-order valence-electron chi connectivity index (χ4n) is 1.76. The largest absolute Gasteiger partial charge is 0.444 e. The van der Waals surface area contributed by atoms with Gasteiger partial charge in [-0.15, -0.1) is 0 Å². The normalized spacial score (nSPS) is 11.7. The van der Waals surface area contributed by atoms with E-state index in [0.29, 0.717) is 19.0 Å². The molecular weight excluding hydrogens is 292 g/mol. The molecule has 6 nitrogen and oxygen atoms in total. The molecule has 1 aromatic carbocycles. The van der Waals surface area contributed by atoms with E-state index in [1.807, 2.05) is 0 Å². The van der Waals surface area contributed by atoms with E-state index in [9.17, 15) is 8.42 Å². The van der Waals surface area contributed by atoms with E-state index in [2.05, 4.69) is 10.3 Å². The van der Waals surface area contributed by atoms with Gasteiger partial charge in [0.05, 0.1) is 17.2 Å². The molecule has 21 heavy (non-hydrogen) atoms. The van der Waals surface area contributed by atoms with Crippen molar-refractivity contribution in [3.63, 3.8) is 0 Å². The van der Waals surface area contributed by atoms with Crippen LogP contribution in [0.2, 0.25) is 0 Å².